The van der Waals surface area contributed by atoms with E-state index in [9.17, 15) is 0 Å². The Balaban J connectivity index is 1.23. The summed E-state index contributed by atoms with van der Waals surface area (Å²) in [7, 11) is 0. The highest BCUT2D eigenvalue weighted by Gasteiger charge is 2.45. The number of nitrogens with one attached hydrogen (secondary N) is 1. The fraction of sp³-hybridized carbons (Fsp3) is 0.700. The molecule has 1 aromatic rings. The Morgan fingerprint density at radius 3 is 2.96 bits per heavy atom. The molecule has 2 aliphatic heterocycles. The molecular weight excluding hydrogens is 302 g/mol. The van der Waals surface area contributed by atoms with Crippen LogP contribution in [0.2, 0.25) is 0 Å². The van der Waals surface area contributed by atoms with Gasteiger partial charge in [-0.15, -0.1) is 0 Å². The number of para-hydroxylation sites is 1. The third kappa shape index (κ3) is 3.61. The zero-order valence-corrected chi connectivity index (χ0v) is 14.5. The SMILES string of the molecule is c1ccc2c(c1)OC1(CCC1)C[C@@H]2NCCCOC[C@@H]1CCOC1. The molecule has 132 valence electrons. The molecule has 0 bridgehead atoms. The number of ether oxygens (including phenoxy) is 3. The van der Waals surface area contributed by atoms with E-state index in [-0.39, 0.29) is 5.60 Å². The van der Waals surface area contributed by atoms with Gasteiger partial charge in [0, 0.05) is 37.2 Å². The van der Waals surface area contributed by atoms with E-state index in [2.05, 4.69) is 29.6 Å². The topological polar surface area (TPSA) is 39.7 Å². The molecule has 3 aliphatic rings. The summed E-state index contributed by atoms with van der Waals surface area (Å²) < 4.78 is 17.5. The highest BCUT2D eigenvalue weighted by atomic mass is 16.5. The first-order chi connectivity index (χ1) is 11.8. The van der Waals surface area contributed by atoms with Gasteiger partial charge in [-0.3, -0.25) is 0 Å². The van der Waals surface area contributed by atoms with E-state index in [1.807, 2.05) is 0 Å². The molecule has 2 atom stereocenters. The standard InChI is InChI=1S/C20H29NO3/c1-2-6-19-17(5-1)18(13-20(24-19)8-3-9-20)21-10-4-11-22-14-16-7-12-23-15-16/h1-2,5-6,16,18,21H,3-4,7-15H2/t16-,18-/m0/s1. The number of fused-ring (bicyclic) bond motifs is 1. The van der Waals surface area contributed by atoms with E-state index in [0.717, 1.165) is 58.0 Å². The molecule has 0 amide bonds. The molecule has 1 aromatic carbocycles. The van der Waals surface area contributed by atoms with Crippen molar-refractivity contribution in [3.05, 3.63) is 29.8 Å². The number of hydrogen-bond donors (Lipinski definition) is 1. The van der Waals surface area contributed by atoms with E-state index in [4.69, 9.17) is 14.2 Å². The van der Waals surface area contributed by atoms with Crippen LogP contribution in [0.15, 0.2) is 24.3 Å². The van der Waals surface area contributed by atoms with E-state index in [0.29, 0.717) is 12.0 Å². The molecule has 2 fully saturated rings. The third-order valence-electron chi connectivity index (χ3n) is 5.70. The van der Waals surface area contributed by atoms with Gasteiger partial charge >= 0.3 is 0 Å². The Bertz CT molecular complexity index is 537. The van der Waals surface area contributed by atoms with Gasteiger partial charge in [0.2, 0.25) is 0 Å². The normalized spacial score (nSPS) is 27.5. The summed E-state index contributed by atoms with van der Waals surface area (Å²) in [5.41, 5.74) is 1.42. The molecule has 1 spiro atoms. The molecule has 0 radical (unpaired) electrons. The van der Waals surface area contributed by atoms with Crippen molar-refractivity contribution in [2.45, 2.75) is 50.2 Å². The van der Waals surface area contributed by atoms with Gasteiger partial charge in [0.25, 0.3) is 0 Å². The van der Waals surface area contributed by atoms with Gasteiger partial charge in [0.15, 0.2) is 0 Å². The monoisotopic (exact) mass is 331 g/mol. The van der Waals surface area contributed by atoms with Crippen LogP contribution in [0.25, 0.3) is 0 Å². The minimum atomic E-state index is 0.102. The van der Waals surface area contributed by atoms with Gasteiger partial charge < -0.3 is 19.5 Å². The first-order valence-electron chi connectivity index (χ1n) is 9.51. The highest BCUT2D eigenvalue weighted by Crippen LogP contribution is 2.48. The van der Waals surface area contributed by atoms with Crippen LogP contribution in [0.5, 0.6) is 5.75 Å². The molecular formula is C20H29NO3. The maximum absolute atomic E-state index is 6.31. The molecule has 0 aromatic heterocycles. The van der Waals surface area contributed by atoms with E-state index >= 15 is 0 Å². The summed E-state index contributed by atoms with van der Waals surface area (Å²) >= 11 is 0. The van der Waals surface area contributed by atoms with Crippen LogP contribution in [0.3, 0.4) is 0 Å². The number of rotatable bonds is 7. The Morgan fingerprint density at radius 1 is 1.25 bits per heavy atom. The fourth-order valence-electron chi connectivity index (χ4n) is 4.09. The summed E-state index contributed by atoms with van der Waals surface area (Å²) in [6.07, 6.45) is 7.01. The van der Waals surface area contributed by atoms with Crippen LogP contribution < -0.4 is 10.1 Å². The molecule has 4 heteroatoms. The second-order valence-electron chi connectivity index (χ2n) is 7.55. The lowest BCUT2D eigenvalue weighted by molar-refractivity contribution is -0.0370. The Morgan fingerprint density at radius 2 is 2.17 bits per heavy atom. The molecule has 1 N–H and O–H groups in total. The molecule has 24 heavy (non-hydrogen) atoms. The van der Waals surface area contributed by atoms with Crippen LogP contribution in [0.4, 0.5) is 0 Å². The van der Waals surface area contributed by atoms with E-state index < -0.39 is 0 Å². The van der Waals surface area contributed by atoms with Crippen molar-refractivity contribution in [1.82, 2.24) is 5.32 Å². The predicted octanol–water partition coefficient (Wildman–Crippen LogP) is 3.47. The first kappa shape index (κ1) is 16.4. The third-order valence-corrected chi connectivity index (χ3v) is 5.70. The zero-order valence-electron chi connectivity index (χ0n) is 14.5. The Labute approximate surface area is 144 Å². The number of hydrogen-bond acceptors (Lipinski definition) is 4. The lowest BCUT2D eigenvalue weighted by Gasteiger charge is -2.48. The van der Waals surface area contributed by atoms with Crippen LogP contribution in [-0.4, -0.2) is 38.6 Å². The van der Waals surface area contributed by atoms with Crippen molar-refractivity contribution in [1.29, 1.82) is 0 Å². The maximum atomic E-state index is 6.31. The Kier molecular flexibility index (Phi) is 5.06. The second kappa shape index (κ2) is 7.42. The average Bonchev–Trinajstić information content (AvgIpc) is 3.09. The van der Waals surface area contributed by atoms with Crippen LogP contribution >= 0.6 is 0 Å². The minimum Gasteiger partial charge on any atom is -0.487 e. The van der Waals surface area contributed by atoms with Crippen molar-refractivity contribution >= 4 is 0 Å². The maximum Gasteiger partial charge on any atom is 0.124 e. The van der Waals surface area contributed by atoms with E-state index in [1.165, 1.54) is 24.8 Å². The largest absolute Gasteiger partial charge is 0.487 e. The van der Waals surface area contributed by atoms with Gasteiger partial charge in [0.1, 0.15) is 11.4 Å². The predicted molar refractivity (Wildman–Crippen MR) is 93.4 cm³/mol. The summed E-state index contributed by atoms with van der Waals surface area (Å²) in [5.74, 6) is 1.69. The van der Waals surface area contributed by atoms with Crippen molar-refractivity contribution in [3.63, 3.8) is 0 Å². The zero-order chi connectivity index (χ0) is 16.2. The quantitative estimate of drug-likeness (QED) is 0.777. The van der Waals surface area contributed by atoms with Crippen LogP contribution in [-0.2, 0) is 9.47 Å². The lowest BCUT2D eigenvalue weighted by atomic mass is 9.73. The second-order valence-corrected chi connectivity index (χ2v) is 7.55. The molecule has 4 rings (SSSR count). The number of benzene rings is 1. The van der Waals surface area contributed by atoms with Crippen molar-refractivity contribution < 1.29 is 14.2 Å². The smallest absolute Gasteiger partial charge is 0.124 e. The van der Waals surface area contributed by atoms with Crippen molar-refractivity contribution in [2.75, 3.05) is 33.0 Å². The molecule has 0 unspecified atom stereocenters. The van der Waals surface area contributed by atoms with Crippen LogP contribution in [0.1, 0.15) is 50.1 Å². The Hall–Kier alpha value is -1.10. The molecule has 4 nitrogen and oxygen atoms in total. The van der Waals surface area contributed by atoms with Gasteiger partial charge in [-0.2, -0.15) is 0 Å². The molecule has 1 saturated heterocycles. The first-order valence-corrected chi connectivity index (χ1v) is 9.51. The average molecular weight is 331 g/mol. The van der Waals surface area contributed by atoms with Crippen molar-refractivity contribution in [3.8, 4) is 5.75 Å². The van der Waals surface area contributed by atoms with Crippen LogP contribution in [0, 0.1) is 5.92 Å². The van der Waals surface area contributed by atoms with Gasteiger partial charge in [-0.1, -0.05) is 18.2 Å². The highest BCUT2D eigenvalue weighted by molar-refractivity contribution is 5.39. The van der Waals surface area contributed by atoms with Crippen molar-refractivity contribution in [2.24, 2.45) is 5.92 Å². The van der Waals surface area contributed by atoms with Gasteiger partial charge in [-0.25, -0.2) is 0 Å². The summed E-state index contributed by atoms with van der Waals surface area (Å²) in [4.78, 5) is 0. The molecule has 1 aliphatic carbocycles. The van der Waals surface area contributed by atoms with Gasteiger partial charge in [0.05, 0.1) is 13.2 Å². The fourth-order valence-corrected chi connectivity index (χ4v) is 4.09. The molecule has 2 heterocycles. The van der Waals surface area contributed by atoms with E-state index in [1.54, 1.807) is 0 Å². The van der Waals surface area contributed by atoms with Gasteiger partial charge in [-0.05, 0) is 44.7 Å². The summed E-state index contributed by atoms with van der Waals surface area (Å²) in [5, 5.41) is 3.74. The molecule has 1 saturated carbocycles. The summed E-state index contributed by atoms with van der Waals surface area (Å²) in [6.45, 7) is 4.46. The summed E-state index contributed by atoms with van der Waals surface area (Å²) in [6, 6.07) is 8.93. The lowest BCUT2D eigenvalue weighted by Crippen LogP contribution is -2.49. The minimum absolute atomic E-state index is 0.102.